The van der Waals surface area contributed by atoms with Crippen molar-refractivity contribution in [2.24, 2.45) is 5.14 Å². The molecule has 0 aromatic heterocycles. The Bertz CT molecular complexity index is 1060. The minimum atomic E-state index is -3.74. The van der Waals surface area contributed by atoms with E-state index in [1.54, 1.807) is 12.1 Å². The van der Waals surface area contributed by atoms with Crippen LogP contribution in [0.1, 0.15) is 12.0 Å². The van der Waals surface area contributed by atoms with Gasteiger partial charge in [-0.1, -0.05) is 23.2 Å². The van der Waals surface area contributed by atoms with E-state index in [1.807, 2.05) is 6.07 Å². The fraction of sp³-hybridized carbons (Fsp3) is 0.222. The number of hydrogen-bond donors (Lipinski definition) is 3. The summed E-state index contributed by atoms with van der Waals surface area (Å²) in [6.45, 7) is 0.0642. The number of ether oxygens (including phenoxy) is 2. The van der Waals surface area contributed by atoms with E-state index in [-0.39, 0.29) is 19.7 Å². The molecule has 2 aromatic carbocycles. The minimum absolute atomic E-state index is 0.103. The molecule has 0 saturated carbocycles. The second-order valence-corrected chi connectivity index (χ2v) is 8.20. The molecule has 0 saturated heterocycles. The van der Waals surface area contributed by atoms with Gasteiger partial charge in [-0.15, -0.1) is 0 Å². The predicted molar refractivity (Wildman–Crippen MR) is 112 cm³/mol. The van der Waals surface area contributed by atoms with Gasteiger partial charge in [0.05, 0.1) is 11.6 Å². The first-order valence-electron chi connectivity index (χ1n) is 8.50. The number of benzene rings is 2. The van der Waals surface area contributed by atoms with Crippen LogP contribution in [-0.4, -0.2) is 34.0 Å². The molecular formula is C18H18Cl2N4O5S. The van der Waals surface area contributed by atoms with E-state index in [9.17, 15) is 13.2 Å². The van der Waals surface area contributed by atoms with Crippen molar-refractivity contribution in [3.63, 3.8) is 0 Å². The SMILES string of the molecule is N#Cc1cc(Cl)cc(Oc2cc(Cl)cc(OCC(=O)NCCCNS(N)(=O)=O)c2)c1. The van der Waals surface area contributed by atoms with Crippen molar-refractivity contribution < 1.29 is 22.7 Å². The van der Waals surface area contributed by atoms with Gasteiger partial charge in [-0.25, -0.2) is 9.86 Å². The van der Waals surface area contributed by atoms with Gasteiger partial charge in [0.25, 0.3) is 16.1 Å². The van der Waals surface area contributed by atoms with Crippen LogP contribution in [0.3, 0.4) is 0 Å². The van der Waals surface area contributed by atoms with E-state index in [0.717, 1.165) is 0 Å². The molecule has 0 bridgehead atoms. The second-order valence-electron chi connectivity index (χ2n) is 5.94. The van der Waals surface area contributed by atoms with Gasteiger partial charge in [0.15, 0.2) is 6.61 Å². The van der Waals surface area contributed by atoms with Crippen LogP contribution in [0, 0.1) is 11.3 Å². The Morgan fingerprint density at radius 3 is 2.33 bits per heavy atom. The quantitative estimate of drug-likeness (QED) is 0.452. The van der Waals surface area contributed by atoms with Crippen LogP contribution in [0.4, 0.5) is 0 Å². The van der Waals surface area contributed by atoms with Gasteiger partial charge in [0, 0.05) is 29.2 Å². The van der Waals surface area contributed by atoms with Crippen molar-refractivity contribution in [3.05, 3.63) is 52.0 Å². The summed E-state index contributed by atoms with van der Waals surface area (Å²) in [5.74, 6) is 0.573. The Morgan fingerprint density at radius 2 is 1.67 bits per heavy atom. The molecule has 2 rings (SSSR count). The number of carbonyl (C=O) groups excluding carboxylic acids is 1. The highest BCUT2D eigenvalue weighted by molar-refractivity contribution is 7.87. The number of nitrogens with zero attached hydrogens (tertiary/aromatic N) is 1. The van der Waals surface area contributed by atoms with Crippen molar-refractivity contribution in [1.82, 2.24) is 10.0 Å². The summed E-state index contributed by atoms with van der Waals surface area (Å²) in [5.41, 5.74) is 0.340. The first-order chi connectivity index (χ1) is 14.1. The molecule has 30 heavy (non-hydrogen) atoms. The van der Waals surface area contributed by atoms with Gasteiger partial charge in [0.1, 0.15) is 17.2 Å². The Hall–Kier alpha value is -2.55. The van der Waals surface area contributed by atoms with Crippen molar-refractivity contribution in [3.8, 4) is 23.3 Å². The molecule has 1 amide bonds. The van der Waals surface area contributed by atoms with E-state index >= 15 is 0 Å². The lowest BCUT2D eigenvalue weighted by atomic mass is 10.2. The van der Waals surface area contributed by atoms with E-state index < -0.39 is 16.1 Å². The van der Waals surface area contributed by atoms with Gasteiger partial charge in [0.2, 0.25) is 0 Å². The predicted octanol–water partition coefficient (Wildman–Crippen LogP) is 2.34. The highest BCUT2D eigenvalue weighted by Crippen LogP contribution is 2.31. The van der Waals surface area contributed by atoms with Crippen LogP contribution in [0.5, 0.6) is 17.2 Å². The standard InChI is InChI=1S/C18H18Cl2N4O5S/c19-13-4-12(10-21)5-16(7-13)29-17-8-14(20)6-15(9-17)28-11-18(25)23-2-1-3-24-30(22,26)27/h4-9,24H,1-3,11H2,(H,23,25)(H2,22,26,27). The van der Waals surface area contributed by atoms with Gasteiger partial charge < -0.3 is 14.8 Å². The number of carbonyl (C=O) groups is 1. The second kappa shape index (κ2) is 11.0. The summed E-state index contributed by atoms with van der Waals surface area (Å²) in [4.78, 5) is 11.8. The molecule has 0 spiro atoms. The van der Waals surface area contributed by atoms with Gasteiger partial charge in [-0.2, -0.15) is 13.7 Å². The number of halogens is 2. The van der Waals surface area contributed by atoms with Crippen LogP contribution >= 0.6 is 23.2 Å². The van der Waals surface area contributed by atoms with Crippen molar-refractivity contribution in [2.45, 2.75) is 6.42 Å². The molecular weight excluding hydrogens is 455 g/mol. The summed E-state index contributed by atoms with van der Waals surface area (Å²) in [6.07, 6.45) is 0.363. The lowest BCUT2D eigenvalue weighted by Crippen LogP contribution is -2.35. The first kappa shape index (κ1) is 23.7. The average molecular weight is 473 g/mol. The average Bonchev–Trinajstić information content (AvgIpc) is 2.64. The molecule has 0 fully saturated rings. The fourth-order valence-corrected chi connectivity index (χ4v) is 3.10. The fourth-order valence-electron chi connectivity index (χ4n) is 2.23. The molecule has 4 N–H and O–H groups in total. The number of hydrogen-bond acceptors (Lipinski definition) is 6. The molecule has 0 aliphatic carbocycles. The summed E-state index contributed by atoms with van der Waals surface area (Å²) < 4.78 is 34.7. The van der Waals surface area contributed by atoms with E-state index in [1.165, 1.54) is 24.3 Å². The van der Waals surface area contributed by atoms with Crippen molar-refractivity contribution in [1.29, 1.82) is 5.26 Å². The van der Waals surface area contributed by atoms with E-state index in [4.69, 9.17) is 43.1 Å². The lowest BCUT2D eigenvalue weighted by molar-refractivity contribution is -0.123. The Morgan fingerprint density at radius 1 is 1.03 bits per heavy atom. The molecule has 0 atom stereocenters. The van der Waals surface area contributed by atoms with Crippen LogP contribution in [-0.2, 0) is 15.0 Å². The zero-order valence-corrected chi connectivity index (χ0v) is 17.9. The molecule has 0 heterocycles. The van der Waals surface area contributed by atoms with E-state index in [0.29, 0.717) is 39.3 Å². The van der Waals surface area contributed by atoms with Gasteiger partial charge in [-0.05, 0) is 36.8 Å². The normalized spacial score (nSPS) is 10.9. The zero-order valence-electron chi connectivity index (χ0n) is 15.5. The third-order valence-corrected chi connectivity index (χ3v) is 4.47. The van der Waals surface area contributed by atoms with Crippen LogP contribution < -0.4 is 24.7 Å². The maximum Gasteiger partial charge on any atom is 0.274 e. The monoisotopic (exact) mass is 472 g/mol. The molecule has 12 heteroatoms. The van der Waals surface area contributed by atoms with Crippen LogP contribution in [0.25, 0.3) is 0 Å². The Balaban J connectivity index is 1.89. The molecule has 0 unspecified atom stereocenters. The third kappa shape index (κ3) is 8.86. The maximum absolute atomic E-state index is 11.8. The first-order valence-corrected chi connectivity index (χ1v) is 10.8. The smallest absolute Gasteiger partial charge is 0.274 e. The number of nitriles is 1. The highest BCUT2D eigenvalue weighted by Gasteiger charge is 2.08. The zero-order chi connectivity index (χ0) is 22.1. The molecule has 160 valence electrons. The highest BCUT2D eigenvalue weighted by atomic mass is 35.5. The minimum Gasteiger partial charge on any atom is -0.484 e. The number of rotatable bonds is 10. The van der Waals surface area contributed by atoms with Gasteiger partial charge in [-0.3, -0.25) is 4.79 Å². The van der Waals surface area contributed by atoms with Crippen LogP contribution in [0.15, 0.2) is 36.4 Å². The molecule has 0 aliphatic heterocycles. The van der Waals surface area contributed by atoms with E-state index in [2.05, 4.69) is 10.0 Å². The Labute approximate surface area is 183 Å². The molecule has 9 nitrogen and oxygen atoms in total. The summed E-state index contributed by atoms with van der Waals surface area (Å²) in [7, 11) is -3.74. The van der Waals surface area contributed by atoms with Gasteiger partial charge >= 0.3 is 0 Å². The topological polar surface area (TPSA) is 144 Å². The van der Waals surface area contributed by atoms with Crippen molar-refractivity contribution in [2.75, 3.05) is 19.7 Å². The number of amides is 1. The molecule has 0 aliphatic rings. The third-order valence-electron chi connectivity index (χ3n) is 3.43. The summed E-state index contributed by atoms with van der Waals surface area (Å²) in [5, 5.41) is 17.1. The largest absolute Gasteiger partial charge is 0.484 e. The summed E-state index contributed by atoms with van der Waals surface area (Å²) >= 11 is 12.0. The number of nitrogens with one attached hydrogen (secondary N) is 2. The Kier molecular flexibility index (Phi) is 8.71. The molecule has 2 aromatic rings. The van der Waals surface area contributed by atoms with Crippen LogP contribution in [0.2, 0.25) is 10.0 Å². The lowest BCUT2D eigenvalue weighted by Gasteiger charge is -2.11. The van der Waals surface area contributed by atoms with Crippen molar-refractivity contribution >= 4 is 39.3 Å². The maximum atomic E-state index is 11.8. The number of nitrogens with two attached hydrogens (primary N) is 1. The summed E-state index contributed by atoms with van der Waals surface area (Å²) in [6, 6.07) is 11.1. The molecule has 0 radical (unpaired) electrons.